The summed E-state index contributed by atoms with van der Waals surface area (Å²) in [5.41, 5.74) is 7.71. The van der Waals surface area contributed by atoms with Gasteiger partial charge >= 0.3 is 0 Å². The standard InChI is InChI=1S/C34H35N3O2/c1-25-14-15-26(2)32(22-25)39-21-9-8-20-37-31-13-7-6-12-30(31)36-33(37)24-35-34(38)23-27-16-18-29(19-17-27)28-10-4-3-5-11-28/h3-7,10-19,22H,8-9,20-21,23-24H2,1-2H3,(H,35,38). The number of fused-ring (bicyclic) bond motifs is 1. The molecule has 39 heavy (non-hydrogen) atoms. The molecule has 5 rings (SSSR count). The monoisotopic (exact) mass is 517 g/mol. The predicted octanol–water partition coefficient (Wildman–Crippen LogP) is 7.04. The summed E-state index contributed by atoms with van der Waals surface area (Å²) in [4.78, 5) is 17.6. The van der Waals surface area contributed by atoms with E-state index in [4.69, 9.17) is 9.72 Å². The molecular formula is C34H35N3O2. The molecule has 0 aliphatic rings. The van der Waals surface area contributed by atoms with Crippen molar-refractivity contribution in [1.82, 2.24) is 14.9 Å². The molecule has 0 saturated heterocycles. The molecule has 4 aromatic carbocycles. The van der Waals surface area contributed by atoms with E-state index < -0.39 is 0 Å². The lowest BCUT2D eigenvalue weighted by Crippen LogP contribution is -2.26. The summed E-state index contributed by atoms with van der Waals surface area (Å²) >= 11 is 0. The fraction of sp³-hybridized carbons (Fsp3) is 0.235. The number of para-hydroxylation sites is 2. The van der Waals surface area contributed by atoms with Crippen LogP contribution in [-0.2, 0) is 24.3 Å². The third kappa shape index (κ3) is 6.74. The molecule has 0 fully saturated rings. The maximum Gasteiger partial charge on any atom is 0.224 e. The quantitative estimate of drug-likeness (QED) is 0.191. The van der Waals surface area contributed by atoms with Gasteiger partial charge in [0.25, 0.3) is 0 Å². The molecule has 0 aliphatic heterocycles. The van der Waals surface area contributed by atoms with Gasteiger partial charge in [-0.2, -0.15) is 0 Å². The Morgan fingerprint density at radius 3 is 2.41 bits per heavy atom. The topological polar surface area (TPSA) is 56.1 Å². The predicted molar refractivity (Wildman–Crippen MR) is 158 cm³/mol. The van der Waals surface area contributed by atoms with Gasteiger partial charge in [0.05, 0.1) is 30.6 Å². The van der Waals surface area contributed by atoms with Crippen LogP contribution in [0.3, 0.4) is 0 Å². The lowest BCUT2D eigenvalue weighted by molar-refractivity contribution is -0.120. The van der Waals surface area contributed by atoms with E-state index in [1.54, 1.807) is 0 Å². The Hall–Kier alpha value is -4.38. The van der Waals surface area contributed by atoms with Crippen molar-refractivity contribution in [2.24, 2.45) is 0 Å². The van der Waals surface area contributed by atoms with E-state index in [0.717, 1.165) is 58.7 Å². The van der Waals surface area contributed by atoms with Gasteiger partial charge in [0.1, 0.15) is 11.6 Å². The molecule has 0 saturated carbocycles. The summed E-state index contributed by atoms with van der Waals surface area (Å²) < 4.78 is 8.27. The first-order chi connectivity index (χ1) is 19.1. The highest BCUT2D eigenvalue weighted by Gasteiger charge is 2.12. The summed E-state index contributed by atoms with van der Waals surface area (Å²) in [6.45, 7) is 6.05. The van der Waals surface area contributed by atoms with Gasteiger partial charge in [-0.1, -0.05) is 78.9 Å². The van der Waals surface area contributed by atoms with Crippen LogP contribution in [0, 0.1) is 13.8 Å². The van der Waals surface area contributed by atoms with Crippen LogP contribution in [0.15, 0.2) is 97.1 Å². The molecule has 0 unspecified atom stereocenters. The van der Waals surface area contributed by atoms with Crippen LogP contribution in [0.1, 0.15) is 35.4 Å². The fourth-order valence-corrected chi connectivity index (χ4v) is 4.80. The largest absolute Gasteiger partial charge is 0.493 e. The number of nitrogens with one attached hydrogen (secondary N) is 1. The van der Waals surface area contributed by atoms with E-state index in [0.29, 0.717) is 19.6 Å². The molecule has 5 nitrogen and oxygen atoms in total. The molecule has 0 spiro atoms. The smallest absolute Gasteiger partial charge is 0.224 e. The van der Waals surface area contributed by atoms with Crippen LogP contribution in [0.2, 0.25) is 0 Å². The van der Waals surface area contributed by atoms with Crippen molar-refractivity contribution < 1.29 is 9.53 Å². The molecule has 1 N–H and O–H groups in total. The average molecular weight is 518 g/mol. The van der Waals surface area contributed by atoms with Crippen molar-refractivity contribution in [2.75, 3.05) is 6.61 Å². The molecule has 5 heteroatoms. The molecule has 0 aliphatic carbocycles. The number of hydrogen-bond donors (Lipinski definition) is 1. The van der Waals surface area contributed by atoms with E-state index in [9.17, 15) is 4.79 Å². The molecule has 0 bridgehead atoms. The van der Waals surface area contributed by atoms with Gasteiger partial charge in [0.15, 0.2) is 0 Å². The van der Waals surface area contributed by atoms with Gasteiger partial charge in [0, 0.05) is 6.54 Å². The van der Waals surface area contributed by atoms with Crippen LogP contribution in [-0.4, -0.2) is 22.1 Å². The number of aryl methyl sites for hydroxylation is 3. The maximum atomic E-state index is 12.8. The van der Waals surface area contributed by atoms with Crippen molar-refractivity contribution in [3.8, 4) is 16.9 Å². The Labute approximate surface area is 230 Å². The number of carbonyl (C=O) groups is 1. The Balaban J connectivity index is 1.16. The van der Waals surface area contributed by atoms with Gasteiger partial charge in [-0.3, -0.25) is 4.79 Å². The second-order valence-corrected chi connectivity index (χ2v) is 10.0. The molecule has 0 radical (unpaired) electrons. The highest BCUT2D eigenvalue weighted by molar-refractivity contribution is 5.79. The first-order valence-electron chi connectivity index (χ1n) is 13.6. The van der Waals surface area contributed by atoms with E-state index in [2.05, 4.69) is 72.3 Å². The van der Waals surface area contributed by atoms with Crippen molar-refractivity contribution in [3.05, 3.63) is 120 Å². The van der Waals surface area contributed by atoms with Crippen molar-refractivity contribution in [2.45, 2.75) is 46.2 Å². The van der Waals surface area contributed by atoms with Crippen molar-refractivity contribution >= 4 is 16.9 Å². The molecule has 0 atom stereocenters. The minimum atomic E-state index is -0.0111. The van der Waals surface area contributed by atoms with Crippen molar-refractivity contribution in [3.63, 3.8) is 0 Å². The molecule has 5 aromatic rings. The van der Waals surface area contributed by atoms with Crippen LogP contribution in [0.4, 0.5) is 0 Å². The minimum absolute atomic E-state index is 0.0111. The number of unbranched alkanes of at least 4 members (excludes halogenated alkanes) is 1. The lowest BCUT2D eigenvalue weighted by atomic mass is 10.0. The Bertz CT molecular complexity index is 1540. The first-order valence-corrected chi connectivity index (χ1v) is 13.6. The summed E-state index contributed by atoms with van der Waals surface area (Å²) in [5.74, 6) is 1.82. The number of amides is 1. The van der Waals surface area contributed by atoms with Gasteiger partial charge in [-0.15, -0.1) is 0 Å². The third-order valence-electron chi connectivity index (χ3n) is 6.98. The van der Waals surface area contributed by atoms with E-state index in [1.165, 1.54) is 11.1 Å². The third-order valence-corrected chi connectivity index (χ3v) is 6.98. The SMILES string of the molecule is Cc1ccc(C)c(OCCCCn2c(CNC(=O)Cc3ccc(-c4ccccc4)cc3)nc3ccccc32)c1. The Morgan fingerprint density at radius 1 is 0.846 bits per heavy atom. The number of imidazole rings is 1. The zero-order valence-corrected chi connectivity index (χ0v) is 22.7. The normalized spacial score (nSPS) is 11.0. The lowest BCUT2D eigenvalue weighted by Gasteiger charge is -2.12. The molecule has 1 amide bonds. The fourth-order valence-electron chi connectivity index (χ4n) is 4.80. The number of ether oxygens (including phenoxy) is 1. The maximum absolute atomic E-state index is 12.8. The molecule has 198 valence electrons. The second-order valence-electron chi connectivity index (χ2n) is 10.0. The van der Waals surface area contributed by atoms with Gasteiger partial charge in [-0.05, 0) is 72.7 Å². The number of carbonyl (C=O) groups excluding carboxylic acids is 1. The van der Waals surface area contributed by atoms with Crippen LogP contribution in [0.25, 0.3) is 22.2 Å². The molecule has 1 heterocycles. The molecular weight excluding hydrogens is 482 g/mol. The summed E-state index contributed by atoms with van der Waals surface area (Å²) in [6, 6.07) is 32.9. The summed E-state index contributed by atoms with van der Waals surface area (Å²) in [5, 5.41) is 3.08. The summed E-state index contributed by atoms with van der Waals surface area (Å²) in [7, 11) is 0. The Kier molecular flexibility index (Phi) is 8.37. The zero-order chi connectivity index (χ0) is 27.0. The van der Waals surface area contributed by atoms with Gasteiger partial charge < -0.3 is 14.6 Å². The number of benzene rings is 4. The highest BCUT2D eigenvalue weighted by atomic mass is 16.5. The Morgan fingerprint density at radius 2 is 1.59 bits per heavy atom. The van der Waals surface area contributed by atoms with Gasteiger partial charge in [-0.25, -0.2) is 4.98 Å². The van der Waals surface area contributed by atoms with Crippen molar-refractivity contribution in [1.29, 1.82) is 0 Å². The van der Waals surface area contributed by atoms with Crippen LogP contribution >= 0.6 is 0 Å². The highest BCUT2D eigenvalue weighted by Crippen LogP contribution is 2.21. The number of hydrogen-bond acceptors (Lipinski definition) is 3. The van der Waals surface area contributed by atoms with Gasteiger partial charge in [0.2, 0.25) is 5.91 Å². The second kappa shape index (κ2) is 12.4. The van der Waals surface area contributed by atoms with E-state index in [-0.39, 0.29) is 5.91 Å². The number of rotatable bonds is 11. The number of aromatic nitrogens is 2. The average Bonchev–Trinajstić information content (AvgIpc) is 3.32. The minimum Gasteiger partial charge on any atom is -0.493 e. The number of nitrogens with zero attached hydrogens (tertiary/aromatic N) is 2. The molecule has 1 aromatic heterocycles. The van der Waals surface area contributed by atoms with E-state index in [1.807, 2.05) is 48.5 Å². The van der Waals surface area contributed by atoms with E-state index >= 15 is 0 Å². The summed E-state index contributed by atoms with van der Waals surface area (Å²) in [6.07, 6.45) is 2.23. The van der Waals surface area contributed by atoms with Crippen LogP contribution in [0.5, 0.6) is 5.75 Å². The first kappa shape index (κ1) is 26.2. The zero-order valence-electron chi connectivity index (χ0n) is 22.7. The van der Waals surface area contributed by atoms with Crippen LogP contribution < -0.4 is 10.1 Å².